The van der Waals surface area contributed by atoms with Gasteiger partial charge in [0.15, 0.2) is 5.16 Å². The summed E-state index contributed by atoms with van der Waals surface area (Å²) in [5.74, 6) is 1.56. The molecule has 0 saturated heterocycles. The predicted molar refractivity (Wildman–Crippen MR) is 104 cm³/mol. The predicted octanol–water partition coefficient (Wildman–Crippen LogP) is 3.39. The maximum Gasteiger partial charge on any atom is 0.238 e. The van der Waals surface area contributed by atoms with Crippen LogP contribution in [0.2, 0.25) is 0 Å². The van der Waals surface area contributed by atoms with E-state index in [0.717, 1.165) is 40.7 Å². The molecule has 138 valence electrons. The van der Waals surface area contributed by atoms with Crippen molar-refractivity contribution in [2.75, 3.05) is 7.11 Å². The molecule has 0 amide bonds. The Balaban J connectivity index is 1.94. The second-order valence-corrected chi connectivity index (χ2v) is 8.39. The number of rotatable bonds is 7. The van der Waals surface area contributed by atoms with Crippen LogP contribution in [0.4, 0.5) is 0 Å². The SMILES string of the molecule is CCCn1c(SCc2cccc(OC)c2)nc2cc(S(N)(=O)=O)ccc21. The first-order valence-corrected chi connectivity index (χ1v) is 10.7. The van der Waals surface area contributed by atoms with E-state index in [4.69, 9.17) is 9.88 Å². The van der Waals surface area contributed by atoms with Gasteiger partial charge in [0, 0.05) is 12.3 Å². The minimum atomic E-state index is -3.74. The van der Waals surface area contributed by atoms with E-state index in [2.05, 4.69) is 16.5 Å². The molecule has 3 rings (SSSR count). The van der Waals surface area contributed by atoms with Crippen LogP contribution in [0.1, 0.15) is 18.9 Å². The van der Waals surface area contributed by atoms with Crippen LogP contribution < -0.4 is 9.88 Å². The van der Waals surface area contributed by atoms with Gasteiger partial charge in [-0.3, -0.25) is 0 Å². The lowest BCUT2D eigenvalue weighted by Crippen LogP contribution is -2.11. The Morgan fingerprint density at radius 1 is 1.23 bits per heavy atom. The zero-order valence-corrected chi connectivity index (χ0v) is 16.3. The van der Waals surface area contributed by atoms with Gasteiger partial charge in [-0.1, -0.05) is 30.8 Å². The van der Waals surface area contributed by atoms with Crippen LogP contribution in [-0.2, 0) is 22.3 Å². The highest BCUT2D eigenvalue weighted by molar-refractivity contribution is 7.98. The van der Waals surface area contributed by atoms with Gasteiger partial charge in [-0.15, -0.1) is 0 Å². The molecule has 26 heavy (non-hydrogen) atoms. The highest BCUT2D eigenvalue weighted by atomic mass is 32.2. The summed E-state index contributed by atoms with van der Waals surface area (Å²) in [6, 6.07) is 12.7. The fraction of sp³-hybridized carbons (Fsp3) is 0.278. The molecule has 2 aromatic carbocycles. The molecular weight excluding hydrogens is 370 g/mol. The number of nitrogens with zero attached hydrogens (tertiary/aromatic N) is 2. The molecular formula is C18H21N3O3S2. The molecule has 0 bridgehead atoms. The third-order valence-electron chi connectivity index (χ3n) is 3.96. The summed E-state index contributed by atoms with van der Waals surface area (Å²) in [5.41, 5.74) is 2.68. The number of sulfonamides is 1. The van der Waals surface area contributed by atoms with Gasteiger partial charge in [0.25, 0.3) is 0 Å². The van der Waals surface area contributed by atoms with E-state index in [9.17, 15) is 8.42 Å². The Kier molecular flexibility index (Phi) is 5.55. The number of thioether (sulfide) groups is 1. The average Bonchev–Trinajstić information content (AvgIpc) is 2.97. The van der Waals surface area contributed by atoms with Crippen molar-refractivity contribution in [1.29, 1.82) is 0 Å². The summed E-state index contributed by atoms with van der Waals surface area (Å²) in [4.78, 5) is 4.72. The lowest BCUT2D eigenvalue weighted by atomic mass is 10.2. The number of benzene rings is 2. The molecule has 0 fully saturated rings. The first-order valence-electron chi connectivity index (χ1n) is 8.21. The number of ether oxygens (including phenoxy) is 1. The zero-order valence-electron chi connectivity index (χ0n) is 14.7. The van der Waals surface area contributed by atoms with Crippen molar-refractivity contribution < 1.29 is 13.2 Å². The molecule has 0 aliphatic heterocycles. The summed E-state index contributed by atoms with van der Waals surface area (Å²) in [5, 5.41) is 6.09. The minimum absolute atomic E-state index is 0.0792. The molecule has 1 heterocycles. The second kappa shape index (κ2) is 7.69. The Bertz CT molecular complexity index is 1030. The Hall–Kier alpha value is -2.03. The van der Waals surface area contributed by atoms with Crippen LogP contribution in [0.15, 0.2) is 52.5 Å². The van der Waals surface area contributed by atoms with E-state index >= 15 is 0 Å². The van der Waals surface area contributed by atoms with E-state index in [-0.39, 0.29) is 4.90 Å². The van der Waals surface area contributed by atoms with Crippen molar-refractivity contribution in [2.45, 2.75) is 35.7 Å². The maximum atomic E-state index is 11.6. The molecule has 3 aromatic rings. The molecule has 2 N–H and O–H groups in total. The number of hydrogen-bond acceptors (Lipinski definition) is 5. The number of hydrogen-bond donors (Lipinski definition) is 1. The summed E-state index contributed by atoms with van der Waals surface area (Å²) in [6.45, 7) is 2.91. The van der Waals surface area contributed by atoms with Gasteiger partial charge < -0.3 is 9.30 Å². The molecule has 0 aliphatic rings. The lowest BCUT2D eigenvalue weighted by Gasteiger charge is -2.08. The van der Waals surface area contributed by atoms with Crippen LogP contribution in [0.3, 0.4) is 0 Å². The van der Waals surface area contributed by atoms with Crippen molar-refractivity contribution in [2.24, 2.45) is 5.14 Å². The maximum absolute atomic E-state index is 11.6. The largest absolute Gasteiger partial charge is 0.497 e. The molecule has 0 atom stereocenters. The van der Waals surface area contributed by atoms with Crippen molar-refractivity contribution in [3.8, 4) is 5.75 Å². The molecule has 0 spiro atoms. The quantitative estimate of drug-likeness (QED) is 0.624. The van der Waals surface area contributed by atoms with Gasteiger partial charge in [0.1, 0.15) is 5.75 Å². The molecule has 1 aromatic heterocycles. The fourth-order valence-corrected chi connectivity index (χ4v) is 4.24. The molecule has 0 saturated carbocycles. The number of aromatic nitrogens is 2. The van der Waals surface area contributed by atoms with Crippen molar-refractivity contribution in [1.82, 2.24) is 9.55 Å². The molecule has 8 heteroatoms. The number of nitrogens with two attached hydrogens (primary N) is 1. The third kappa shape index (κ3) is 4.03. The Morgan fingerprint density at radius 3 is 2.73 bits per heavy atom. The number of imidazole rings is 1. The van der Waals surface area contributed by atoms with Gasteiger partial charge in [-0.2, -0.15) is 0 Å². The van der Waals surface area contributed by atoms with Crippen molar-refractivity contribution in [3.05, 3.63) is 48.0 Å². The number of primary sulfonamides is 1. The first-order chi connectivity index (χ1) is 12.4. The van der Waals surface area contributed by atoms with Crippen molar-refractivity contribution in [3.63, 3.8) is 0 Å². The van der Waals surface area contributed by atoms with E-state index in [1.165, 1.54) is 12.1 Å². The normalized spacial score (nSPS) is 11.8. The van der Waals surface area contributed by atoms with Gasteiger partial charge in [0.05, 0.1) is 23.0 Å². The number of fused-ring (bicyclic) bond motifs is 1. The standard InChI is InChI=1S/C18H21N3O3S2/c1-3-9-21-17-8-7-15(26(19,22)23)11-16(17)20-18(21)25-12-13-5-4-6-14(10-13)24-2/h4-8,10-11H,3,9,12H2,1-2H3,(H2,19,22,23). The average molecular weight is 392 g/mol. The van der Waals surface area contributed by atoms with E-state index in [0.29, 0.717) is 5.52 Å². The summed E-state index contributed by atoms with van der Waals surface area (Å²) >= 11 is 1.61. The minimum Gasteiger partial charge on any atom is -0.497 e. The van der Waals surface area contributed by atoms with E-state index < -0.39 is 10.0 Å². The molecule has 6 nitrogen and oxygen atoms in total. The van der Waals surface area contributed by atoms with Gasteiger partial charge in [-0.05, 0) is 42.3 Å². The first kappa shape index (κ1) is 18.8. The highest BCUT2D eigenvalue weighted by Crippen LogP contribution is 2.29. The van der Waals surface area contributed by atoms with E-state index in [1.807, 2.05) is 24.3 Å². The van der Waals surface area contributed by atoms with Crippen LogP contribution >= 0.6 is 11.8 Å². The highest BCUT2D eigenvalue weighted by Gasteiger charge is 2.15. The van der Waals surface area contributed by atoms with Gasteiger partial charge >= 0.3 is 0 Å². The number of aryl methyl sites for hydroxylation is 1. The van der Waals surface area contributed by atoms with E-state index in [1.54, 1.807) is 24.9 Å². The molecule has 0 radical (unpaired) electrons. The van der Waals surface area contributed by atoms with Gasteiger partial charge in [-0.25, -0.2) is 18.5 Å². The Labute approximate surface area is 157 Å². The fourth-order valence-electron chi connectivity index (χ4n) is 2.72. The second-order valence-electron chi connectivity index (χ2n) is 5.88. The number of methoxy groups -OCH3 is 1. The van der Waals surface area contributed by atoms with Crippen LogP contribution in [-0.4, -0.2) is 25.1 Å². The summed E-state index contributed by atoms with van der Waals surface area (Å²) in [7, 11) is -2.09. The Morgan fingerprint density at radius 2 is 2.04 bits per heavy atom. The van der Waals surface area contributed by atoms with Crippen LogP contribution in [0.25, 0.3) is 11.0 Å². The van der Waals surface area contributed by atoms with Crippen LogP contribution in [0, 0.1) is 0 Å². The smallest absolute Gasteiger partial charge is 0.238 e. The molecule has 0 unspecified atom stereocenters. The topological polar surface area (TPSA) is 87.2 Å². The summed E-state index contributed by atoms with van der Waals surface area (Å²) < 4.78 is 30.6. The molecule has 0 aliphatic carbocycles. The summed E-state index contributed by atoms with van der Waals surface area (Å²) in [6.07, 6.45) is 0.953. The lowest BCUT2D eigenvalue weighted by molar-refractivity contribution is 0.414. The van der Waals surface area contributed by atoms with Crippen LogP contribution in [0.5, 0.6) is 5.75 Å². The van der Waals surface area contributed by atoms with Gasteiger partial charge in [0.2, 0.25) is 10.0 Å². The monoisotopic (exact) mass is 391 g/mol. The van der Waals surface area contributed by atoms with Crippen molar-refractivity contribution >= 4 is 32.8 Å². The third-order valence-corrected chi connectivity index (χ3v) is 5.92. The zero-order chi connectivity index (χ0) is 18.7.